The number of hydrogen-bond acceptors (Lipinski definition) is 1. The first-order valence-corrected chi connectivity index (χ1v) is 6.76. The maximum atomic E-state index is 4.29. The largest absolute Gasteiger partial charge is 0.334 e. The van der Waals surface area contributed by atoms with Crippen molar-refractivity contribution in [2.75, 3.05) is 0 Å². The predicted octanol–water partition coefficient (Wildman–Crippen LogP) is 3.89. The first-order chi connectivity index (χ1) is 8.72. The minimum Gasteiger partial charge on any atom is -0.334 e. The average molecular weight is 242 g/mol. The van der Waals surface area contributed by atoms with E-state index in [1.165, 1.54) is 35.2 Å². The van der Waals surface area contributed by atoms with Crippen LogP contribution in [0, 0.1) is 13.8 Å². The van der Waals surface area contributed by atoms with E-state index in [1.807, 2.05) is 12.5 Å². The molecule has 0 N–H and O–H groups in total. The van der Waals surface area contributed by atoms with Crippen molar-refractivity contribution in [2.24, 2.45) is 0 Å². The maximum absolute atomic E-state index is 4.29. The van der Waals surface area contributed by atoms with E-state index in [2.05, 4.69) is 48.5 Å². The topological polar surface area (TPSA) is 17.8 Å². The summed E-state index contributed by atoms with van der Waals surface area (Å²) < 4.78 is 2.29. The molecule has 0 amide bonds. The zero-order valence-electron chi connectivity index (χ0n) is 11.6. The second-order valence-corrected chi connectivity index (χ2v) is 4.98. The highest BCUT2D eigenvalue weighted by Gasteiger charge is 2.07. The molecule has 0 saturated carbocycles. The normalized spacial score (nSPS) is 10.8. The summed E-state index contributed by atoms with van der Waals surface area (Å²) in [7, 11) is 0. The summed E-state index contributed by atoms with van der Waals surface area (Å²) in [6.07, 6.45) is 7.39. The first kappa shape index (κ1) is 12.9. The van der Waals surface area contributed by atoms with E-state index >= 15 is 0 Å². The van der Waals surface area contributed by atoms with Gasteiger partial charge in [0.2, 0.25) is 0 Å². The van der Waals surface area contributed by atoms with Gasteiger partial charge in [0.05, 0.1) is 6.33 Å². The van der Waals surface area contributed by atoms with E-state index in [1.54, 1.807) is 0 Å². The van der Waals surface area contributed by atoms with Gasteiger partial charge < -0.3 is 4.57 Å². The Balaban J connectivity index is 2.21. The Morgan fingerprint density at radius 3 is 2.56 bits per heavy atom. The van der Waals surface area contributed by atoms with Gasteiger partial charge in [-0.15, -0.1) is 0 Å². The fourth-order valence-corrected chi connectivity index (χ4v) is 2.33. The highest BCUT2D eigenvalue weighted by molar-refractivity contribution is 5.36. The first-order valence-electron chi connectivity index (χ1n) is 6.76. The molecule has 1 heterocycles. The van der Waals surface area contributed by atoms with Crippen LogP contribution in [0.5, 0.6) is 0 Å². The van der Waals surface area contributed by atoms with Crippen LogP contribution in [-0.2, 0) is 13.0 Å². The molecule has 96 valence electrons. The Labute approximate surface area is 110 Å². The van der Waals surface area contributed by atoms with Crippen LogP contribution in [0.2, 0.25) is 0 Å². The molecule has 0 radical (unpaired) electrons. The van der Waals surface area contributed by atoms with Crippen molar-refractivity contribution in [1.29, 1.82) is 0 Å². The van der Waals surface area contributed by atoms with Crippen LogP contribution in [0.3, 0.4) is 0 Å². The van der Waals surface area contributed by atoms with Gasteiger partial charge in [-0.1, -0.05) is 31.5 Å². The van der Waals surface area contributed by atoms with E-state index in [0.29, 0.717) is 0 Å². The summed E-state index contributed by atoms with van der Waals surface area (Å²) in [4.78, 5) is 4.29. The fourth-order valence-electron chi connectivity index (χ4n) is 2.33. The molecule has 2 heteroatoms. The molecule has 0 spiro atoms. The average Bonchev–Trinajstić information content (AvgIpc) is 2.79. The lowest BCUT2D eigenvalue weighted by molar-refractivity contribution is 0.612. The SMILES string of the molecule is CCCCn1cncc1Cc1c(C)cccc1C. The van der Waals surface area contributed by atoms with Crippen LogP contribution in [0.15, 0.2) is 30.7 Å². The molecule has 2 aromatic rings. The van der Waals surface area contributed by atoms with E-state index < -0.39 is 0 Å². The quantitative estimate of drug-likeness (QED) is 0.777. The van der Waals surface area contributed by atoms with Gasteiger partial charge in [0.1, 0.15) is 0 Å². The standard InChI is InChI=1S/C16H22N2/c1-4-5-9-18-12-17-11-15(18)10-16-13(2)7-6-8-14(16)3/h6-8,11-12H,4-5,9-10H2,1-3H3. The highest BCUT2D eigenvalue weighted by atomic mass is 15.0. The molecule has 0 atom stereocenters. The van der Waals surface area contributed by atoms with Crippen LogP contribution in [-0.4, -0.2) is 9.55 Å². The minimum atomic E-state index is 0.988. The molecule has 0 aliphatic carbocycles. The molecule has 2 rings (SSSR count). The summed E-state index contributed by atoms with van der Waals surface area (Å²) in [5, 5.41) is 0. The maximum Gasteiger partial charge on any atom is 0.0948 e. The number of aryl methyl sites for hydroxylation is 3. The Morgan fingerprint density at radius 2 is 1.89 bits per heavy atom. The van der Waals surface area contributed by atoms with Gasteiger partial charge in [0.15, 0.2) is 0 Å². The third kappa shape index (κ3) is 2.81. The molecular weight excluding hydrogens is 220 g/mol. The Morgan fingerprint density at radius 1 is 1.17 bits per heavy atom. The monoisotopic (exact) mass is 242 g/mol. The predicted molar refractivity (Wildman–Crippen MR) is 75.9 cm³/mol. The number of imidazole rings is 1. The number of hydrogen-bond donors (Lipinski definition) is 0. The van der Waals surface area contributed by atoms with Gasteiger partial charge in [0, 0.05) is 24.9 Å². The molecule has 0 unspecified atom stereocenters. The molecule has 0 aliphatic rings. The van der Waals surface area contributed by atoms with Gasteiger partial charge >= 0.3 is 0 Å². The van der Waals surface area contributed by atoms with Crippen LogP contribution >= 0.6 is 0 Å². The van der Waals surface area contributed by atoms with Gasteiger partial charge in [-0.05, 0) is 37.0 Å². The van der Waals surface area contributed by atoms with Crippen molar-refractivity contribution < 1.29 is 0 Å². The van der Waals surface area contributed by atoms with Crippen LogP contribution in [0.1, 0.15) is 42.1 Å². The number of unbranched alkanes of at least 4 members (excludes halogenated alkanes) is 1. The summed E-state index contributed by atoms with van der Waals surface area (Å²) >= 11 is 0. The van der Waals surface area contributed by atoms with Gasteiger partial charge in [-0.3, -0.25) is 0 Å². The lowest BCUT2D eigenvalue weighted by Crippen LogP contribution is -2.04. The molecule has 0 saturated heterocycles. The molecule has 2 nitrogen and oxygen atoms in total. The summed E-state index contributed by atoms with van der Waals surface area (Å²) in [6.45, 7) is 7.68. The van der Waals surface area contributed by atoms with E-state index in [-0.39, 0.29) is 0 Å². The lowest BCUT2D eigenvalue weighted by Gasteiger charge is -2.11. The smallest absolute Gasteiger partial charge is 0.0948 e. The number of benzene rings is 1. The van der Waals surface area contributed by atoms with Crippen LogP contribution in [0.25, 0.3) is 0 Å². The van der Waals surface area contributed by atoms with E-state index in [9.17, 15) is 0 Å². The van der Waals surface area contributed by atoms with Crippen molar-refractivity contribution in [1.82, 2.24) is 9.55 Å². The third-order valence-electron chi connectivity index (χ3n) is 3.55. The second kappa shape index (κ2) is 5.85. The fraction of sp³-hybridized carbons (Fsp3) is 0.438. The molecule has 0 bridgehead atoms. The summed E-state index contributed by atoms with van der Waals surface area (Å²) in [6, 6.07) is 6.51. The molecular formula is C16H22N2. The van der Waals surface area contributed by atoms with Crippen LogP contribution < -0.4 is 0 Å². The molecule has 0 fully saturated rings. The lowest BCUT2D eigenvalue weighted by atomic mass is 9.99. The van der Waals surface area contributed by atoms with Crippen molar-refractivity contribution in [3.8, 4) is 0 Å². The molecule has 0 aliphatic heterocycles. The van der Waals surface area contributed by atoms with Crippen molar-refractivity contribution in [2.45, 2.75) is 46.6 Å². The van der Waals surface area contributed by atoms with Gasteiger partial charge in [-0.2, -0.15) is 0 Å². The number of nitrogens with zero attached hydrogens (tertiary/aromatic N) is 2. The molecule has 1 aromatic carbocycles. The summed E-state index contributed by atoms with van der Waals surface area (Å²) in [5.41, 5.74) is 5.51. The number of rotatable bonds is 5. The van der Waals surface area contributed by atoms with Crippen molar-refractivity contribution in [3.05, 3.63) is 53.1 Å². The zero-order valence-corrected chi connectivity index (χ0v) is 11.6. The van der Waals surface area contributed by atoms with Gasteiger partial charge in [-0.25, -0.2) is 4.98 Å². The Hall–Kier alpha value is -1.57. The second-order valence-electron chi connectivity index (χ2n) is 4.98. The van der Waals surface area contributed by atoms with Crippen molar-refractivity contribution in [3.63, 3.8) is 0 Å². The van der Waals surface area contributed by atoms with E-state index in [4.69, 9.17) is 0 Å². The molecule has 18 heavy (non-hydrogen) atoms. The van der Waals surface area contributed by atoms with Crippen molar-refractivity contribution >= 4 is 0 Å². The highest BCUT2D eigenvalue weighted by Crippen LogP contribution is 2.18. The summed E-state index contributed by atoms with van der Waals surface area (Å²) in [5.74, 6) is 0. The van der Waals surface area contributed by atoms with Gasteiger partial charge in [0.25, 0.3) is 0 Å². The third-order valence-corrected chi connectivity index (χ3v) is 3.55. The number of aromatic nitrogens is 2. The Bertz CT molecular complexity index is 491. The Kier molecular flexibility index (Phi) is 4.19. The van der Waals surface area contributed by atoms with Crippen LogP contribution in [0.4, 0.5) is 0 Å². The zero-order chi connectivity index (χ0) is 13.0. The minimum absolute atomic E-state index is 0.988. The van der Waals surface area contributed by atoms with E-state index in [0.717, 1.165) is 13.0 Å². The molecule has 1 aromatic heterocycles.